The van der Waals surface area contributed by atoms with Gasteiger partial charge in [0.15, 0.2) is 5.82 Å². The molecule has 0 unspecified atom stereocenters. The molecule has 3 rings (SSSR count). The van der Waals surface area contributed by atoms with Crippen molar-refractivity contribution in [2.45, 2.75) is 13.8 Å². The first-order valence-electron chi connectivity index (χ1n) is 7.78. The molecule has 5 nitrogen and oxygen atoms in total. The van der Waals surface area contributed by atoms with Crippen molar-refractivity contribution in [3.63, 3.8) is 0 Å². The maximum absolute atomic E-state index is 5.93. The number of hydrogen-bond acceptors (Lipinski definition) is 5. The zero-order valence-electron chi connectivity index (χ0n) is 13.9. The standard InChI is InChI=1S/C17H15N5.C2H6/c1-12(21-14-7-3-2-4-8-14)16-17(18)20-11-15(22-16)13-6-5-9-19-10-13;1-2/h2-11,21H,1H2,(H2,18,20);1-2H3. The van der Waals surface area contributed by atoms with E-state index in [4.69, 9.17) is 5.73 Å². The summed E-state index contributed by atoms with van der Waals surface area (Å²) >= 11 is 0. The molecule has 0 saturated carbocycles. The van der Waals surface area contributed by atoms with Gasteiger partial charge in [-0.3, -0.25) is 4.98 Å². The SMILES string of the molecule is C=C(Nc1ccccc1)c1nc(-c2cccnc2)cnc1N.CC. The lowest BCUT2D eigenvalue weighted by atomic mass is 10.2. The summed E-state index contributed by atoms with van der Waals surface area (Å²) in [6.45, 7) is 8.01. The number of anilines is 2. The minimum absolute atomic E-state index is 0.334. The third-order valence-corrected chi connectivity index (χ3v) is 3.11. The first kappa shape index (κ1) is 17.1. The Morgan fingerprint density at radius 2 is 1.79 bits per heavy atom. The highest BCUT2D eigenvalue weighted by molar-refractivity contribution is 5.78. The molecule has 0 bridgehead atoms. The summed E-state index contributed by atoms with van der Waals surface area (Å²) in [4.78, 5) is 12.8. The molecule has 1 aromatic carbocycles. The Morgan fingerprint density at radius 3 is 2.46 bits per heavy atom. The van der Waals surface area contributed by atoms with Crippen LogP contribution in [0.3, 0.4) is 0 Å². The Morgan fingerprint density at radius 1 is 1.04 bits per heavy atom. The van der Waals surface area contributed by atoms with Crippen LogP contribution >= 0.6 is 0 Å². The van der Waals surface area contributed by atoms with Gasteiger partial charge < -0.3 is 11.1 Å². The fourth-order valence-corrected chi connectivity index (χ4v) is 2.03. The molecule has 0 fully saturated rings. The second-order valence-electron chi connectivity index (χ2n) is 4.70. The number of nitrogens with zero attached hydrogens (tertiary/aromatic N) is 3. The minimum Gasteiger partial charge on any atom is -0.382 e. The van der Waals surface area contributed by atoms with E-state index in [1.54, 1.807) is 18.6 Å². The third-order valence-electron chi connectivity index (χ3n) is 3.11. The van der Waals surface area contributed by atoms with Crippen LogP contribution in [-0.2, 0) is 0 Å². The van der Waals surface area contributed by atoms with Gasteiger partial charge in [0, 0.05) is 23.6 Å². The normalized spacial score (nSPS) is 9.58. The van der Waals surface area contributed by atoms with Gasteiger partial charge in [-0.25, -0.2) is 9.97 Å². The van der Waals surface area contributed by atoms with Gasteiger partial charge in [-0.15, -0.1) is 0 Å². The van der Waals surface area contributed by atoms with Crippen LogP contribution < -0.4 is 11.1 Å². The topological polar surface area (TPSA) is 76.7 Å². The van der Waals surface area contributed by atoms with Gasteiger partial charge in [0.2, 0.25) is 0 Å². The smallest absolute Gasteiger partial charge is 0.151 e. The molecule has 0 aliphatic heterocycles. The van der Waals surface area contributed by atoms with Gasteiger partial charge in [0.05, 0.1) is 17.6 Å². The molecule has 0 aliphatic carbocycles. The van der Waals surface area contributed by atoms with Crippen LogP contribution in [-0.4, -0.2) is 15.0 Å². The number of rotatable bonds is 4. The average Bonchev–Trinajstić information content (AvgIpc) is 2.65. The van der Waals surface area contributed by atoms with Crippen LogP contribution in [0.15, 0.2) is 67.6 Å². The summed E-state index contributed by atoms with van der Waals surface area (Å²) < 4.78 is 0. The Bertz CT molecular complexity index is 785. The van der Waals surface area contributed by atoms with Gasteiger partial charge >= 0.3 is 0 Å². The average molecular weight is 319 g/mol. The minimum atomic E-state index is 0.334. The highest BCUT2D eigenvalue weighted by Crippen LogP contribution is 2.22. The lowest BCUT2D eigenvalue weighted by Gasteiger charge is -2.12. The maximum atomic E-state index is 5.93. The molecule has 0 amide bonds. The second-order valence-corrected chi connectivity index (χ2v) is 4.70. The van der Waals surface area contributed by atoms with E-state index >= 15 is 0 Å². The summed E-state index contributed by atoms with van der Waals surface area (Å²) in [6, 6.07) is 13.5. The molecule has 122 valence electrons. The van der Waals surface area contributed by atoms with E-state index in [1.807, 2.05) is 56.3 Å². The fraction of sp³-hybridized carbons (Fsp3) is 0.105. The van der Waals surface area contributed by atoms with Crippen molar-refractivity contribution in [2.24, 2.45) is 0 Å². The number of para-hydroxylation sites is 1. The van der Waals surface area contributed by atoms with Crippen molar-refractivity contribution >= 4 is 17.2 Å². The summed E-state index contributed by atoms with van der Waals surface area (Å²) in [6.07, 6.45) is 5.08. The van der Waals surface area contributed by atoms with Crippen molar-refractivity contribution in [1.82, 2.24) is 15.0 Å². The van der Waals surface area contributed by atoms with E-state index in [1.165, 1.54) is 0 Å². The summed E-state index contributed by atoms with van der Waals surface area (Å²) in [5, 5.41) is 3.19. The molecule has 3 aromatic rings. The first-order valence-corrected chi connectivity index (χ1v) is 7.78. The Balaban J connectivity index is 0.00000100. The monoisotopic (exact) mass is 319 g/mol. The number of nitrogen functional groups attached to an aromatic ring is 1. The van der Waals surface area contributed by atoms with Crippen molar-refractivity contribution in [2.75, 3.05) is 11.1 Å². The van der Waals surface area contributed by atoms with Crippen molar-refractivity contribution in [1.29, 1.82) is 0 Å². The zero-order chi connectivity index (χ0) is 17.4. The maximum Gasteiger partial charge on any atom is 0.151 e. The highest BCUT2D eigenvalue weighted by Gasteiger charge is 2.10. The quantitative estimate of drug-likeness (QED) is 0.752. The Labute approximate surface area is 142 Å². The van der Waals surface area contributed by atoms with E-state index in [0.717, 1.165) is 11.3 Å². The molecule has 2 heterocycles. The van der Waals surface area contributed by atoms with Crippen LogP contribution in [0.5, 0.6) is 0 Å². The number of benzene rings is 1. The molecule has 3 N–H and O–H groups in total. The largest absolute Gasteiger partial charge is 0.382 e. The van der Waals surface area contributed by atoms with Gasteiger partial charge in [0.1, 0.15) is 5.69 Å². The summed E-state index contributed by atoms with van der Waals surface area (Å²) in [7, 11) is 0. The fourth-order valence-electron chi connectivity index (χ4n) is 2.03. The lowest BCUT2D eigenvalue weighted by molar-refractivity contribution is 1.17. The van der Waals surface area contributed by atoms with E-state index < -0.39 is 0 Å². The predicted octanol–water partition coefficient (Wildman–Crippen LogP) is 4.23. The highest BCUT2D eigenvalue weighted by atomic mass is 15.0. The van der Waals surface area contributed by atoms with E-state index in [0.29, 0.717) is 22.9 Å². The molecule has 0 atom stereocenters. The van der Waals surface area contributed by atoms with Crippen LogP contribution in [0.4, 0.5) is 11.5 Å². The lowest BCUT2D eigenvalue weighted by Crippen LogP contribution is -2.06. The molecule has 2 aromatic heterocycles. The molecular formula is C19H21N5. The second kappa shape index (κ2) is 8.43. The number of pyridine rings is 1. The van der Waals surface area contributed by atoms with Crippen molar-refractivity contribution < 1.29 is 0 Å². The van der Waals surface area contributed by atoms with Gasteiger partial charge in [-0.05, 0) is 24.3 Å². The van der Waals surface area contributed by atoms with Gasteiger partial charge in [-0.1, -0.05) is 38.6 Å². The van der Waals surface area contributed by atoms with Crippen LogP contribution in [0.25, 0.3) is 17.0 Å². The van der Waals surface area contributed by atoms with Crippen LogP contribution in [0.2, 0.25) is 0 Å². The third kappa shape index (κ3) is 4.16. The molecule has 0 saturated heterocycles. The molecule has 0 radical (unpaired) electrons. The molecule has 0 aliphatic rings. The summed E-state index contributed by atoms with van der Waals surface area (Å²) in [5.74, 6) is 0.334. The van der Waals surface area contributed by atoms with E-state index in [-0.39, 0.29) is 0 Å². The van der Waals surface area contributed by atoms with Crippen molar-refractivity contribution in [3.8, 4) is 11.3 Å². The van der Waals surface area contributed by atoms with Crippen LogP contribution in [0, 0.1) is 0 Å². The zero-order valence-corrected chi connectivity index (χ0v) is 13.9. The van der Waals surface area contributed by atoms with E-state index in [9.17, 15) is 0 Å². The molecular weight excluding hydrogens is 298 g/mol. The van der Waals surface area contributed by atoms with Gasteiger partial charge in [-0.2, -0.15) is 0 Å². The van der Waals surface area contributed by atoms with E-state index in [2.05, 4.69) is 26.8 Å². The van der Waals surface area contributed by atoms with Crippen LogP contribution in [0.1, 0.15) is 19.5 Å². The molecule has 24 heavy (non-hydrogen) atoms. The van der Waals surface area contributed by atoms with Gasteiger partial charge in [0.25, 0.3) is 0 Å². The molecule has 0 spiro atoms. The number of nitrogens with one attached hydrogen (secondary N) is 1. The Hall–Kier alpha value is -3.21. The first-order chi connectivity index (χ1) is 11.7. The summed E-state index contributed by atoms with van der Waals surface area (Å²) in [5.41, 5.74) is 9.56. The number of nitrogens with two attached hydrogens (primary N) is 1. The number of aromatic nitrogens is 3. The molecule has 5 heteroatoms. The Kier molecular flexibility index (Phi) is 6.02. The number of hydrogen-bond donors (Lipinski definition) is 2. The van der Waals surface area contributed by atoms with Crippen molar-refractivity contribution in [3.05, 3.63) is 73.3 Å². The predicted molar refractivity (Wildman–Crippen MR) is 100 cm³/mol.